The van der Waals surface area contributed by atoms with Crippen LogP contribution in [0.2, 0.25) is 5.02 Å². The van der Waals surface area contributed by atoms with E-state index in [1.807, 2.05) is 60.7 Å². The number of pyridine rings is 1. The number of halogens is 1. The molecule has 0 spiro atoms. The van der Waals surface area contributed by atoms with Crippen LogP contribution >= 0.6 is 11.6 Å². The van der Waals surface area contributed by atoms with E-state index in [1.165, 1.54) is 4.90 Å². The molecule has 2 heterocycles. The maximum absolute atomic E-state index is 13.0. The summed E-state index contributed by atoms with van der Waals surface area (Å²) in [5, 5.41) is 4.10. The second-order valence-corrected chi connectivity index (χ2v) is 7.74. The Kier molecular flexibility index (Phi) is 5.21. The van der Waals surface area contributed by atoms with Crippen LogP contribution in [0.1, 0.15) is 0 Å². The zero-order valence-corrected chi connectivity index (χ0v) is 17.7. The normalized spacial score (nSPS) is 12.9. The van der Waals surface area contributed by atoms with Gasteiger partial charge in [-0.1, -0.05) is 60.1 Å². The van der Waals surface area contributed by atoms with Crippen LogP contribution in [0.15, 0.2) is 79.0 Å². The number of aromatic nitrogens is 1. The average Bonchev–Trinajstić information content (AvgIpc) is 2.82. The van der Waals surface area contributed by atoms with Gasteiger partial charge in [0.25, 0.3) is 5.91 Å². The molecule has 0 fully saturated rings. The van der Waals surface area contributed by atoms with Crippen LogP contribution in [-0.4, -0.2) is 29.9 Å². The zero-order chi connectivity index (χ0) is 22.1. The molecule has 1 N–H and O–H groups in total. The molecule has 3 aromatic carbocycles. The number of anilines is 2. The van der Waals surface area contributed by atoms with Crippen LogP contribution in [0.5, 0.6) is 5.75 Å². The van der Waals surface area contributed by atoms with Crippen LogP contribution in [0.25, 0.3) is 22.0 Å². The molecule has 5 rings (SSSR count). The van der Waals surface area contributed by atoms with E-state index in [9.17, 15) is 9.59 Å². The van der Waals surface area contributed by atoms with Gasteiger partial charge < -0.3 is 10.1 Å². The van der Waals surface area contributed by atoms with Crippen molar-refractivity contribution >= 4 is 45.7 Å². The summed E-state index contributed by atoms with van der Waals surface area (Å²) in [6.45, 7) is -0.346. The van der Waals surface area contributed by atoms with Crippen LogP contribution in [0.3, 0.4) is 0 Å². The molecular formula is C25H18ClN3O3. The van der Waals surface area contributed by atoms with Gasteiger partial charge in [-0.25, -0.2) is 0 Å². The Hall–Kier alpha value is -3.90. The van der Waals surface area contributed by atoms with E-state index in [0.717, 1.165) is 16.5 Å². The quantitative estimate of drug-likeness (QED) is 0.486. The Morgan fingerprint density at radius 2 is 1.84 bits per heavy atom. The number of hydrogen-bond acceptors (Lipinski definition) is 4. The summed E-state index contributed by atoms with van der Waals surface area (Å²) in [6.07, 6.45) is 1.64. The lowest BCUT2D eigenvalue weighted by atomic mass is 10.0. The van der Waals surface area contributed by atoms with Gasteiger partial charge >= 0.3 is 0 Å². The van der Waals surface area contributed by atoms with E-state index in [4.69, 9.17) is 16.3 Å². The molecule has 0 radical (unpaired) electrons. The highest BCUT2D eigenvalue weighted by molar-refractivity contribution is 6.36. The van der Waals surface area contributed by atoms with Crippen molar-refractivity contribution in [3.63, 3.8) is 0 Å². The number of para-hydroxylation sites is 1. The van der Waals surface area contributed by atoms with Crippen molar-refractivity contribution in [1.29, 1.82) is 0 Å². The fraction of sp³-hybridized carbons (Fsp3) is 0.0800. The van der Waals surface area contributed by atoms with Gasteiger partial charge in [-0.3, -0.25) is 19.5 Å². The van der Waals surface area contributed by atoms with E-state index >= 15 is 0 Å². The lowest BCUT2D eigenvalue weighted by Crippen LogP contribution is -2.43. The number of hydrogen-bond donors (Lipinski definition) is 1. The summed E-state index contributed by atoms with van der Waals surface area (Å²) in [6, 6.07) is 22.6. The molecule has 0 saturated carbocycles. The van der Waals surface area contributed by atoms with Crippen molar-refractivity contribution < 1.29 is 14.3 Å². The van der Waals surface area contributed by atoms with Crippen LogP contribution < -0.4 is 15.0 Å². The number of nitrogens with zero attached hydrogens (tertiary/aromatic N) is 2. The van der Waals surface area contributed by atoms with Crippen molar-refractivity contribution in [2.75, 3.05) is 23.4 Å². The minimum atomic E-state index is -0.327. The van der Waals surface area contributed by atoms with Crippen molar-refractivity contribution in [1.82, 2.24) is 4.98 Å². The molecule has 4 aromatic rings. The highest BCUT2D eigenvalue weighted by Gasteiger charge is 2.30. The first-order chi connectivity index (χ1) is 15.6. The third-order valence-corrected chi connectivity index (χ3v) is 5.61. The lowest BCUT2D eigenvalue weighted by molar-refractivity contribution is -0.123. The summed E-state index contributed by atoms with van der Waals surface area (Å²) >= 11 is 6.43. The Balaban J connectivity index is 1.45. The maximum Gasteiger partial charge on any atom is 0.265 e. The number of carbonyl (C=O) groups is 2. The summed E-state index contributed by atoms with van der Waals surface area (Å²) in [4.78, 5) is 31.4. The number of benzene rings is 3. The second-order valence-electron chi connectivity index (χ2n) is 7.33. The smallest absolute Gasteiger partial charge is 0.265 e. The topological polar surface area (TPSA) is 71.5 Å². The molecule has 1 aromatic heterocycles. The number of nitrogens with one attached hydrogen (secondary N) is 1. The number of fused-ring (bicyclic) bond motifs is 3. The van der Waals surface area contributed by atoms with Gasteiger partial charge in [-0.15, -0.1) is 0 Å². The van der Waals surface area contributed by atoms with Crippen molar-refractivity contribution in [2.45, 2.75) is 0 Å². The van der Waals surface area contributed by atoms with E-state index in [-0.39, 0.29) is 25.0 Å². The summed E-state index contributed by atoms with van der Waals surface area (Å²) in [5.41, 5.74) is 3.54. The third-order valence-electron chi connectivity index (χ3n) is 5.30. The van der Waals surface area contributed by atoms with Gasteiger partial charge in [0.2, 0.25) is 5.91 Å². The van der Waals surface area contributed by atoms with Gasteiger partial charge in [0.1, 0.15) is 12.1 Å². The van der Waals surface area contributed by atoms with Gasteiger partial charge in [-0.05, 0) is 29.8 Å². The Bertz CT molecular complexity index is 1340. The van der Waals surface area contributed by atoms with Crippen LogP contribution in [0.4, 0.5) is 11.4 Å². The lowest BCUT2D eigenvalue weighted by Gasteiger charge is -2.29. The SMILES string of the molecule is O=C(CN1C(=O)COc2c1cc(Cl)c1cccnc21)Nc1ccccc1-c1ccccc1. The van der Waals surface area contributed by atoms with Crippen LogP contribution in [0, 0.1) is 0 Å². The highest BCUT2D eigenvalue weighted by Crippen LogP contribution is 2.41. The van der Waals surface area contributed by atoms with Crippen LogP contribution in [-0.2, 0) is 9.59 Å². The standard InChI is InChI=1S/C25H18ClN3O3/c26-19-13-21-25(24-18(19)10-6-12-27-24)32-15-23(31)29(21)14-22(30)28-20-11-5-4-9-17(20)16-7-2-1-3-8-16/h1-13H,14-15H2,(H,28,30). The van der Waals surface area contributed by atoms with Crippen molar-refractivity contribution in [3.05, 3.63) is 84.0 Å². The average molecular weight is 444 g/mol. The van der Waals surface area contributed by atoms with Gasteiger partial charge in [0.15, 0.2) is 12.4 Å². The summed E-state index contributed by atoms with van der Waals surface area (Å²) < 4.78 is 5.67. The second kappa shape index (κ2) is 8.32. The minimum absolute atomic E-state index is 0.172. The molecule has 0 atom stereocenters. The van der Waals surface area contributed by atoms with Gasteiger partial charge in [0.05, 0.1) is 10.7 Å². The Morgan fingerprint density at radius 3 is 2.69 bits per heavy atom. The summed E-state index contributed by atoms with van der Waals surface area (Å²) in [7, 11) is 0. The molecule has 32 heavy (non-hydrogen) atoms. The molecular weight excluding hydrogens is 426 g/mol. The zero-order valence-electron chi connectivity index (χ0n) is 16.9. The summed E-state index contributed by atoms with van der Waals surface area (Å²) in [5.74, 6) is -0.204. The molecule has 0 saturated heterocycles. The highest BCUT2D eigenvalue weighted by atomic mass is 35.5. The monoisotopic (exact) mass is 443 g/mol. The number of ether oxygens (including phenoxy) is 1. The Morgan fingerprint density at radius 1 is 1.06 bits per heavy atom. The third kappa shape index (κ3) is 3.65. The molecule has 7 heteroatoms. The number of carbonyl (C=O) groups excluding carboxylic acids is 2. The molecule has 0 aliphatic carbocycles. The van der Waals surface area contributed by atoms with E-state index in [1.54, 1.807) is 18.3 Å². The maximum atomic E-state index is 13.0. The van der Waals surface area contributed by atoms with Gasteiger partial charge in [0, 0.05) is 22.8 Å². The number of rotatable bonds is 4. The fourth-order valence-electron chi connectivity index (χ4n) is 3.82. The largest absolute Gasteiger partial charge is 0.479 e. The Labute approximate surface area is 189 Å². The minimum Gasteiger partial charge on any atom is -0.479 e. The van der Waals surface area contributed by atoms with Crippen molar-refractivity contribution in [3.8, 4) is 16.9 Å². The predicted octanol–water partition coefficient (Wildman–Crippen LogP) is 4.92. The molecule has 1 aliphatic heterocycles. The molecule has 1 aliphatic rings. The molecule has 158 valence electrons. The first-order valence-electron chi connectivity index (χ1n) is 10.1. The fourth-order valence-corrected chi connectivity index (χ4v) is 4.08. The molecule has 0 unspecified atom stereocenters. The molecule has 6 nitrogen and oxygen atoms in total. The predicted molar refractivity (Wildman–Crippen MR) is 125 cm³/mol. The number of amides is 2. The van der Waals surface area contributed by atoms with Crippen molar-refractivity contribution in [2.24, 2.45) is 0 Å². The molecule has 0 bridgehead atoms. The van der Waals surface area contributed by atoms with E-state index in [2.05, 4.69) is 10.3 Å². The van der Waals surface area contributed by atoms with Gasteiger partial charge in [-0.2, -0.15) is 0 Å². The first-order valence-corrected chi connectivity index (χ1v) is 10.4. The first kappa shape index (κ1) is 20.0. The van der Waals surface area contributed by atoms with E-state index < -0.39 is 0 Å². The molecule has 2 amide bonds. The van der Waals surface area contributed by atoms with E-state index in [0.29, 0.717) is 27.7 Å².